The lowest BCUT2D eigenvalue weighted by molar-refractivity contribution is -0.0941. The van der Waals surface area contributed by atoms with Gasteiger partial charge < -0.3 is 19.1 Å². The van der Waals surface area contributed by atoms with E-state index >= 15 is 0 Å². The molecule has 1 unspecified atom stereocenters. The van der Waals surface area contributed by atoms with Crippen LogP contribution in [0.1, 0.15) is 11.9 Å². The molecule has 1 aliphatic heterocycles. The van der Waals surface area contributed by atoms with Gasteiger partial charge in [-0.05, 0) is 11.4 Å². The van der Waals surface area contributed by atoms with Crippen LogP contribution in [0, 0.1) is 0 Å². The summed E-state index contributed by atoms with van der Waals surface area (Å²) in [4.78, 5) is 4.77. The van der Waals surface area contributed by atoms with Gasteiger partial charge in [0, 0.05) is 0 Å². The summed E-state index contributed by atoms with van der Waals surface area (Å²) >= 11 is 1.34. The molecule has 6 nitrogen and oxygen atoms in total. The van der Waals surface area contributed by atoms with Crippen LogP contribution in [-0.2, 0) is 9.47 Å². The third-order valence-electron chi connectivity index (χ3n) is 2.38. The minimum Gasteiger partial charge on any atom is -0.506 e. The second kappa shape index (κ2) is 4.44. The van der Waals surface area contributed by atoms with E-state index in [1.807, 2.05) is 0 Å². The molecule has 17 heavy (non-hydrogen) atoms. The van der Waals surface area contributed by atoms with Crippen molar-refractivity contribution >= 4 is 11.3 Å². The molecule has 1 saturated heterocycles. The van der Waals surface area contributed by atoms with Gasteiger partial charge in [-0.1, -0.05) is 5.16 Å². The maximum absolute atomic E-state index is 9.55. The van der Waals surface area contributed by atoms with Crippen LogP contribution in [0.3, 0.4) is 0 Å². The van der Waals surface area contributed by atoms with Gasteiger partial charge in [0.15, 0.2) is 0 Å². The summed E-state index contributed by atoms with van der Waals surface area (Å²) < 4.78 is 15.8. The maximum Gasteiger partial charge on any atom is 0.271 e. The van der Waals surface area contributed by atoms with E-state index in [1.54, 1.807) is 11.4 Å². The molecule has 3 rings (SSSR count). The van der Waals surface area contributed by atoms with E-state index in [4.69, 9.17) is 14.0 Å². The molecule has 1 N–H and O–H groups in total. The van der Waals surface area contributed by atoms with Gasteiger partial charge in [0.05, 0.1) is 19.8 Å². The number of rotatable bonds is 2. The van der Waals surface area contributed by atoms with Crippen molar-refractivity contribution in [2.24, 2.45) is 0 Å². The van der Waals surface area contributed by atoms with Crippen LogP contribution in [0.4, 0.5) is 0 Å². The number of hydrogen-bond acceptors (Lipinski definition) is 7. The molecule has 0 aromatic carbocycles. The zero-order valence-corrected chi connectivity index (χ0v) is 9.64. The van der Waals surface area contributed by atoms with Crippen molar-refractivity contribution < 1.29 is 19.1 Å². The van der Waals surface area contributed by atoms with Crippen molar-refractivity contribution in [2.75, 3.05) is 19.8 Å². The zero-order valence-electron chi connectivity index (χ0n) is 8.83. The molecule has 7 heteroatoms. The molecular weight excluding hydrogens is 244 g/mol. The summed E-state index contributed by atoms with van der Waals surface area (Å²) in [6.07, 6.45) is -0.289. The fourth-order valence-corrected chi connectivity index (χ4v) is 2.26. The molecule has 3 heterocycles. The number of hydrogen-bond donors (Lipinski definition) is 1. The van der Waals surface area contributed by atoms with Gasteiger partial charge in [-0.2, -0.15) is 4.98 Å². The fourth-order valence-electron chi connectivity index (χ4n) is 1.56. The first-order chi connectivity index (χ1) is 8.34. The number of aromatic hydroxyl groups is 1. The molecule has 1 atom stereocenters. The molecule has 0 aliphatic carbocycles. The lowest BCUT2D eigenvalue weighted by Crippen LogP contribution is -2.22. The van der Waals surface area contributed by atoms with E-state index in [2.05, 4.69) is 10.1 Å². The van der Waals surface area contributed by atoms with Gasteiger partial charge >= 0.3 is 0 Å². The summed E-state index contributed by atoms with van der Waals surface area (Å²) in [5.74, 6) is 0.903. The van der Waals surface area contributed by atoms with Crippen molar-refractivity contribution in [2.45, 2.75) is 6.10 Å². The van der Waals surface area contributed by atoms with Crippen LogP contribution in [-0.4, -0.2) is 35.1 Å². The molecule has 0 amide bonds. The Morgan fingerprint density at radius 1 is 1.41 bits per heavy atom. The monoisotopic (exact) mass is 254 g/mol. The largest absolute Gasteiger partial charge is 0.506 e. The quantitative estimate of drug-likeness (QED) is 0.876. The fraction of sp³-hybridized carbons (Fsp3) is 0.400. The number of ether oxygens (including phenoxy) is 2. The van der Waals surface area contributed by atoms with Crippen LogP contribution in [0.2, 0.25) is 0 Å². The highest BCUT2D eigenvalue weighted by molar-refractivity contribution is 7.13. The highest BCUT2D eigenvalue weighted by atomic mass is 32.1. The first-order valence-electron chi connectivity index (χ1n) is 5.14. The van der Waals surface area contributed by atoms with Crippen molar-refractivity contribution in [1.82, 2.24) is 10.1 Å². The van der Waals surface area contributed by atoms with Gasteiger partial charge in [0.1, 0.15) is 16.7 Å². The second-order valence-electron chi connectivity index (χ2n) is 3.53. The molecule has 1 fully saturated rings. The molecular formula is C10H10N2O4S. The van der Waals surface area contributed by atoms with Crippen molar-refractivity contribution in [3.63, 3.8) is 0 Å². The normalized spacial score (nSPS) is 20.6. The van der Waals surface area contributed by atoms with E-state index in [0.29, 0.717) is 36.4 Å². The highest BCUT2D eigenvalue weighted by Crippen LogP contribution is 2.34. The highest BCUT2D eigenvalue weighted by Gasteiger charge is 2.23. The van der Waals surface area contributed by atoms with E-state index < -0.39 is 0 Å². The van der Waals surface area contributed by atoms with Crippen LogP contribution in [0.15, 0.2) is 16.0 Å². The predicted molar refractivity (Wildman–Crippen MR) is 58.8 cm³/mol. The average Bonchev–Trinajstić information content (AvgIpc) is 2.98. The van der Waals surface area contributed by atoms with E-state index in [-0.39, 0.29) is 11.9 Å². The molecule has 2 aromatic heterocycles. The Kier molecular flexibility index (Phi) is 2.79. The molecule has 90 valence electrons. The molecule has 2 aromatic rings. The van der Waals surface area contributed by atoms with Crippen molar-refractivity contribution in [3.8, 4) is 16.5 Å². The Morgan fingerprint density at radius 3 is 3.06 bits per heavy atom. The Hall–Kier alpha value is -1.44. The van der Waals surface area contributed by atoms with Gasteiger partial charge in [0.2, 0.25) is 5.82 Å². The molecule has 0 bridgehead atoms. The zero-order chi connectivity index (χ0) is 11.7. The minimum atomic E-state index is -0.289. The molecule has 0 saturated carbocycles. The first kappa shape index (κ1) is 10.7. The smallest absolute Gasteiger partial charge is 0.271 e. The topological polar surface area (TPSA) is 77.6 Å². The molecule has 1 aliphatic rings. The van der Waals surface area contributed by atoms with Crippen LogP contribution < -0.4 is 0 Å². The lowest BCUT2D eigenvalue weighted by atomic mass is 10.3. The van der Waals surface area contributed by atoms with E-state index in [0.717, 1.165) is 0 Å². The van der Waals surface area contributed by atoms with Crippen LogP contribution in [0.5, 0.6) is 5.75 Å². The number of thiophene rings is 1. The summed E-state index contributed by atoms with van der Waals surface area (Å²) in [7, 11) is 0. The summed E-state index contributed by atoms with van der Waals surface area (Å²) in [5, 5.41) is 15.2. The maximum atomic E-state index is 9.55. The van der Waals surface area contributed by atoms with E-state index in [9.17, 15) is 5.11 Å². The number of aromatic nitrogens is 2. The average molecular weight is 254 g/mol. The van der Waals surface area contributed by atoms with Gasteiger partial charge in [-0.3, -0.25) is 0 Å². The third kappa shape index (κ3) is 2.04. The third-order valence-corrected chi connectivity index (χ3v) is 3.28. The second-order valence-corrected chi connectivity index (χ2v) is 4.44. The van der Waals surface area contributed by atoms with Crippen molar-refractivity contribution in [3.05, 3.63) is 17.3 Å². The van der Waals surface area contributed by atoms with Crippen LogP contribution >= 0.6 is 11.3 Å². The van der Waals surface area contributed by atoms with E-state index in [1.165, 1.54) is 11.3 Å². The first-order valence-corrected chi connectivity index (χ1v) is 6.02. The SMILES string of the molecule is Oc1ccsc1-c1nc(C2COCCO2)no1. The Labute approximate surface area is 101 Å². The van der Waals surface area contributed by atoms with Gasteiger partial charge in [-0.15, -0.1) is 11.3 Å². The Morgan fingerprint density at radius 2 is 2.35 bits per heavy atom. The standard InChI is InChI=1S/C10H10N2O4S/c13-6-1-4-17-8(6)10-11-9(12-16-10)7-5-14-2-3-15-7/h1,4,7,13H,2-3,5H2. The Balaban J connectivity index is 1.85. The lowest BCUT2D eigenvalue weighted by Gasteiger charge is -2.19. The summed E-state index contributed by atoms with van der Waals surface area (Å²) in [6.45, 7) is 1.54. The number of nitrogens with zero attached hydrogens (tertiary/aromatic N) is 2. The predicted octanol–water partition coefficient (Wildman–Crippen LogP) is 1.59. The molecule has 0 spiro atoms. The summed E-state index contributed by atoms with van der Waals surface area (Å²) in [5.41, 5.74) is 0. The van der Waals surface area contributed by atoms with Crippen LogP contribution in [0.25, 0.3) is 10.8 Å². The van der Waals surface area contributed by atoms with Crippen molar-refractivity contribution in [1.29, 1.82) is 0 Å². The van der Waals surface area contributed by atoms with Gasteiger partial charge in [0.25, 0.3) is 5.89 Å². The Bertz CT molecular complexity index is 504. The molecule has 0 radical (unpaired) electrons. The minimum absolute atomic E-state index is 0.144. The van der Waals surface area contributed by atoms with Gasteiger partial charge in [-0.25, -0.2) is 0 Å². The summed E-state index contributed by atoms with van der Waals surface area (Å²) in [6, 6.07) is 1.59.